The number of fused-ring (bicyclic) bond motifs is 1. The number of thioether (sulfide) groups is 1. The van der Waals surface area contributed by atoms with Crippen LogP contribution >= 0.6 is 24.2 Å². The molecule has 1 aliphatic rings. The molecule has 0 spiro atoms. The number of amides is 2. The Hall–Kier alpha value is -1.24. The Morgan fingerprint density at radius 2 is 2.19 bits per heavy atom. The van der Waals surface area contributed by atoms with Gasteiger partial charge in [-0.15, -0.1) is 24.2 Å². The number of halogens is 1. The maximum Gasteiger partial charge on any atom is 0.240 e. The molecule has 0 saturated heterocycles. The highest BCUT2D eigenvalue weighted by Crippen LogP contribution is 2.34. The highest BCUT2D eigenvalue weighted by molar-refractivity contribution is 8.00. The molecule has 7 heteroatoms. The number of nitrogens with zero attached hydrogens (tertiary/aromatic N) is 1. The number of nitrogens with two attached hydrogens (primary N) is 1. The SMILES string of the molecule is CC(CN)CNC(=O)CN1C(=O)CSc2ccccc21.Cl. The molecule has 0 aromatic heterocycles. The first-order valence-electron chi connectivity index (χ1n) is 6.60. The van der Waals surface area contributed by atoms with Gasteiger partial charge in [-0.1, -0.05) is 19.1 Å². The van der Waals surface area contributed by atoms with Gasteiger partial charge in [0.2, 0.25) is 11.8 Å². The predicted octanol–water partition coefficient (Wildman–Crippen LogP) is 1.26. The first kappa shape index (κ1) is 17.8. The standard InChI is InChI=1S/C14H19N3O2S.ClH/c1-10(6-15)7-16-13(18)8-17-11-4-2-3-5-12(11)20-9-14(17)19;/h2-5,10H,6-9,15H2,1H3,(H,16,18);1H. The van der Waals surface area contributed by atoms with E-state index in [9.17, 15) is 9.59 Å². The van der Waals surface area contributed by atoms with Crippen molar-refractivity contribution in [3.63, 3.8) is 0 Å². The molecule has 1 atom stereocenters. The van der Waals surface area contributed by atoms with Crippen molar-refractivity contribution in [1.29, 1.82) is 0 Å². The Balaban J connectivity index is 0.00000220. The largest absolute Gasteiger partial charge is 0.354 e. The monoisotopic (exact) mass is 329 g/mol. The summed E-state index contributed by atoms with van der Waals surface area (Å²) in [5.74, 6) is 0.429. The summed E-state index contributed by atoms with van der Waals surface area (Å²) in [5.41, 5.74) is 6.32. The average molecular weight is 330 g/mol. The minimum atomic E-state index is -0.152. The van der Waals surface area contributed by atoms with Crippen molar-refractivity contribution >= 4 is 41.7 Å². The number of para-hydroxylation sites is 1. The molecular formula is C14H20ClN3O2S. The predicted molar refractivity (Wildman–Crippen MR) is 88.0 cm³/mol. The van der Waals surface area contributed by atoms with Crippen molar-refractivity contribution < 1.29 is 9.59 Å². The summed E-state index contributed by atoms with van der Waals surface area (Å²) in [6.45, 7) is 3.10. The van der Waals surface area contributed by atoms with E-state index in [-0.39, 0.29) is 36.7 Å². The van der Waals surface area contributed by atoms with Crippen LogP contribution in [0.3, 0.4) is 0 Å². The van der Waals surface area contributed by atoms with E-state index in [1.165, 1.54) is 11.8 Å². The molecule has 2 rings (SSSR count). The quantitative estimate of drug-likeness (QED) is 0.852. The molecule has 1 heterocycles. The number of carbonyl (C=O) groups excluding carboxylic acids is 2. The van der Waals surface area contributed by atoms with E-state index in [4.69, 9.17) is 5.73 Å². The second kappa shape index (κ2) is 8.26. The van der Waals surface area contributed by atoms with Crippen molar-refractivity contribution in [2.24, 2.45) is 11.7 Å². The highest BCUT2D eigenvalue weighted by atomic mass is 35.5. The molecule has 0 radical (unpaired) electrons. The van der Waals surface area contributed by atoms with Gasteiger partial charge in [0.15, 0.2) is 0 Å². The molecule has 0 aliphatic carbocycles. The van der Waals surface area contributed by atoms with Crippen molar-refractivity contribution in [3.8, 4) is 0 Å². The van der Waals surface area contributed by atoms with E-state index in [1.807, 2.05) is 31.2 Å². The minimum Gasteiger partial charge on any atom is -0.354 e. The first-order chi connectivity index (χ1) is 9.61. The van der Waals surface area contributed by atoms with Crippen molar-refractivity contribution in [2.75, 3.05) is 30.3 Å². The Labute approximate surface area is 135 Å². The summed E-state index contributed by atoms with van der Waals surface area (Å²) < 4.78 is 0. The summed E-state index contributed by atoms with van der Waals surface area (Å²) >= 11 is 1.51. The van der Waals surface area contributed by atoms with Gasteiger partial charge < -0.3 is 16.0 Å². The van der Waals surface area contributed by atoms with Gasteiger partial charge in [0.1, 0.15) is 6.54 Å². The summed E-state index contributed by atoms with van der Waals surface area (Å²) in [6, 6.07) is 7.64. The van der Waals surface area contributed by atoms with Crippen LogP contribution in [0.15, 0.2) is 29.2 Å². The molecule has 1 aliphatic heterocycles. The van der Waals surface area contributed by atoms with Crippen LogP contribution in [0.4, 0.5) is 5.69 Å². The number of benzene rings is 1. The lowest BCUT2D eigenvalue weighted by molar-refractivity contribution is -0.123. The van der Waals surface area contributed by atoms with E-state index in [2.05, 4.69) is 5.32 Å². The second-order valence-corrected chi connectivity index (χ2v) is 5.90. The number of anilines is 1. The molecule has 3 N–H and O–H groups in total. The Morgan fingerprint density at radius 1 is 1.48 bits per heavy atom. The normalized spacial score (nSPS) is 15.0. The summed E-state index contributed by atoms with van der Waals surface area (Å²) in [4.78, 5) is 26.5. The van der Waals surface area contributed by atoms with Gasteiger partial charge in [-0.25, -0.2) is 0 Å². The zero-order valence-corrected chi connectivity index (χ0v) is 13.5. The molecule has 0 saturated carbocycles. The maximum absolute atomic E-state index is 12.0. The van der Waals surface area contributed by atoms with Crippen LogP contribution in [-0.4, -0.2) is 37.2 Å². The Kier molecular flexibility index (Phi) is 7.01. The van der Waals surface area contributed by atoms with Gasteiger partial charge >= 0.3 is 0 Å². The smallest absolute Gasteiger partial charge is 0.240 e. The summed E-state index contributed by atoms with van der Waals surface area (Å²) in [7, 11) is 0. The lowest BCUT2D eigenvalue weighted by Gasteiger charge is -2.28. The van der Waals surface area contributed by atoms with Gasteiger partial charge in [0.05, 0.1) is 11.4 Å². The average Bonchev–Trinajstić information content (AvgIpc) is 2.47. The molecule has 1 unspecified atom stereocenters. The highest BCUT2D eigenvalue weighted by Gasteiger charge is 2.26. The molecule has 2 amide bonds. The number of hydrogen-bond donors (Lipinski definition) is 2. The molecule has 5 nitrogen and oxygen atoms in total. The Bertz CT molecular complexity index is 513. The third-order valence-corrected chi connectivity index (χ3v) is 4.21. The lowest BCUT2D eigenvalue weighted by atomic mass is 10.2. The second-order valence-electron chi connectivity index (χ2n) is 4.88. The number of hydrogen-bond acceptors (Lipinski definition) is 4. The van der Waals surface area contributed by atoms with Crippen LogP contribution in [-0.2, 0) is 9.59 Å². The topological polar surface area (TPSA) is 75.4 Å². The zero-order valence-electron chi connectivity index (χ0n) is 11.9. The maximum atomic E-state index is 12.0. The number of nitrogens with one attached hydrogen (secondary N) is 1. The van der Waals surface area contributed by atoms with Crippen molar-refractivity contribution in [1.82, 2.24) is 5.32 Å². The molecule has 0 bridgehead atoms. The van der Waals surface area contributed by atoms with E-state index in [0.29, 0.717) is 18.8 Å². The van der Waals surface area contributed by atoms with E-state index in [1.54, 1.807) is 4.90 Å². The van der Waals surface area contributed by atoms with E-state index < -0.39 is 0 Å². The van der Waals surface area contributed by atoms with E-state index >= 15 is 0 Å². The van der Waals surface area contributed by atoms with Crippen LogP contribution < -0.4 is 16.0 Å². The zero-order chi connectivity index (χ0) is 14.5. The van der Waals surface area contributed by atoms with Crippen LogP contribution in [0.2, 0.25) is 0 Å². The van der Waals surface area contributed by atoms with Gasteiger partial charge in [0.25, 0.3) is 0 Å². The van der Waals surface area contributed by atoms with Gasteiger partial charge in [-0.2, -0.15) is 0 Å². The summed E-state index contributed by atoms with van der Waals surface area (Å²) in [5, 5.41) is 2.81. The third-order valence-electron chi connectivity index (χ3n) is 3.16. The van der Waals surface area contributed by atoms with Gasteiger partial charge in [-0.3, -0.25) is 9.59 Å². The minimum absolute atomic E-state index is 0. The molecule has 1 aromatic carbocycles. The van der Waals surface area contributed by atoms with E-state index in [0.717, 1.165) is 10.6 Å². The number of rotatable bonds is 5. The first-order valence-corrected chi connectivity index (χ1v) is 7.59. The van der Waals surface area contributed by atoms with Crippen LogP contribution in [0.1, 0.15) is 6.92 Å². The van der Waals surface area contributed by atoms with Gasteiger partial charge in [-0.05, 0) is 24.6 Å². The number of carbonyl (C=O) groups is 2. The molecular weight excluding hydrogens is 310 g/mol. The summed E-state index contributed by atoms with van der Waals surface area (Å²) in [6.07, 6.45) is 0. The molecule has 21 heavy (non-hydrogen) atoms. The fourth-order valence-electron chi connectivity index (χ4n) is 1.90. The van der Waals surface area contributed by atoms with Crippen LogP contribution in [0.5, 0.6) is 0 Å². The Morgan fingerprint density at radius 3 is 2.90 bits per heavy atom. The van der Waals surface area contributed by atoms with Gasteiger partial charge in [0, 0.05) is 11.4 Å². The van der Waals surface area contributed by atoms with Crippen molar-refractivity contribution in [2.45, 2.75) is 11.8 Å². The fraction of sp³-hybridized carbons (Fsp3) is 0.429. The fourth-order valence-corrected chi connectivity index (χ4v) is 2.83. The van der Waals surface area contributed by atoms with Crippen molar-refractivity contribution in [3.05, 3.63) is 24.3 Å². The molecule has 0 fully saturated rings. The molecule has 1 aromatic rings. The van der Waals surface area contributed by atoms with Crippen LogP contribution in [0, 0.1) is 5.92 Å². The third kappa shape index (κ3) is 4.62. The molecule has 116 valence electrons. The van der Waals surface area contributed by atoms with Crippen LogP contribution in [0.25, 0.3) is 0 Å². The lowest BCUT2D eigenvalue weighted by Crippen LogP contribution is -2.44.